The molecule has 4 heteroatoms. The maximum absolute atomic E-state index is 11.8. The molecule has 4 nitrogen and oxygen atoms in total. The second-order valence-corrected chi connectivity index (χ2v) is 4.82. The Morgan fingerprint density at radius 3 is 2.67 bits per heavy atom. The third-order valence-electron chi connectivity index (χ3n) is 3.09. The van der Waals surface area contributed by atoms with E-state index < -0.39 is 11.2 Å². The highest BCUT2D eigenvalue weighted by atomic mass is 16.2. The van der Waals surface area contributed by atoms with Gasteiger partial charge in [0.25, 0.3) is 5.56 Å². The van der Waals surface area contributed by atoms with Crippen LogP contribution in [-0.2, 0) is 6.54 Å². The molecule has 108 valence electrons. The third kappa shape index (κ3) is 4.22. The molecule has 0 atom stereocenters. The Balaban J connectivity index is 2.28. The largest absolute Gasteiger partial charge is 0.328 e. The zero-order valence-electron chi connectivity index (χ0n) is 12.1. The number of hydrogen-bond acceptors (Lipinski definition) is 2. The molecular formula is C17H18N2O2. The molecule has 2 aromatic rings. The van der Waals surface area contributed by atoms with E-state index in [9.17, 15) is 9.59 Å². The third-order valence-corrected chi connectivity index (χ3v) is 3.09. The fourth-order valence-corrected chi connectivity index (χ4v) is 1.92. The normalized spacial score (nSPS) is 9.95. The molecule has 0 unspecified atom stereocenters. The molecule has 1 N–H and O–H groups in total. The average molecular weight is 282 g/mol. The van der Waals surface area contributed by atoms with Crippen molar-refractivity contribution < 1.29 is 0 Å². The summed E-state index contributed by atoms with van der Waals surface area (Å²) in [7, 11) is 0. The van der Waals surface area contributed by atoms with Gasteiger partial charge in [-0.2, -0.15) is 0 Å². The molecule has 1 heterocycles. The van der Waals surface area contributed by atoms with Crippen LogP contribution in [0.25, 0.3) is 0 Å². The van der Waals surface area contributed by atoms with E-state index in [1.165, 1.54) is 10.8 Å². The van der Waals surface area contributed by atoms with Crippen LogP contribution in [0.1, 0.15) is 37.3 Å². The molecule has 0 radical (unpaired) electrons. The highest BCUT2D eigenvalue weighted by Crippen LogP contribution is 2.00. The van der Waals surface area contributed by atoms with E-state index in [-0.39, 0.29) is 0 Å². The van der Waals surface area contributed by atoms with Gasteiger partial charge in [-0.1, -0.05) is 55.5 Å². The Morgan fingerprint density at radius 2 is 1.95 bits per heavy atom. The monoisotopic (exact) mass is 282 g/mol. The lowest BCUT2D eigenvalue weighted by molar-refractivity contribution is 0.718. The Kier molecular flexibility index (Phi) is 5.16. The van der Waals surface area contributed by atoms with Gasteiger partial charge < -0.3 is 0 Å². The second-order valence-electron chi connectivity index (χ2n) is 4.82. The van der Waals surface area contributed by atoms with Crippen LogP contribution in [-0.4, -0.2) is 9.55 Å². The SMILES string of the molecule is CCCCC#Cc1cn(Cc2ccccc2)c(=O)[nH]c1=O. The molecule has 0 aliphatic rings. The van der Waals surface area contributed by atoms with Crippen LogP contribution in [0.4, 0.5) is 0 Å². The number of nitrogens with one attached hydrogen (secondary N) is 1. The van der Waals surface area contributed by atoms with Gasteiger partial charge in [0.1, 0.15) is 5.56 Å². The molecule has 0 fully saturated rings. The minimum Gasteiger partial charge on any atom is -0.295 e. The molecule has 2 rings (SSSR count). The highest BCUT2D eigenvalue weighted by Gasteiger charge is 2.03. The number of aromatic nitrogens is 2. The van der Waals surface area contributed by atoms with E-state index in [0.29, 0.717) is 12.1 Å². The molecule has 0 amide bonds. The van der Waals surface area contributed by atoms with Crippen molar-refractivity contribution >= 4 is 0 Å². The van der Waals surface area contributed by atoms with Crippen molar-refractivity contribution in [3.63, 3.8) is 0 Å². The van der Waals surface area contributed by atoms with E-state index in [2.05, 4.69) is 23.7 Å². The van der Waals surface area contributed by atoms with Crippen LogP contribution in [0.15, 0.2) is 46.1 Å². The smallest absolute Gasteiger partial charge is 0.295 e. The van der Waals surface area contributed by atoms with Crippen LogP contribution >= 0.6 is 0 Å². The van der Waals surface area contributed by atoms with Gasteiger partial charge in [-0.25, -0.2) is 4.79 Å². The Hall–Kier alpha value is -2.54. The summed E-state index contributed by atoms with van der Waals surface area (Å²) >= 11 is 0. The fourth-order valence-electron chi connectivity index (χ4n) is 1.92. The van der Waals surface area contributed by atoms with Gasteiger partial charge in [-0.05, 0) is 12.0 Å². The topological polar surface area (TPSA) is 54.9 Å². The van der Waals surface area contributed by atoms with Crippen LogP contribution in [0.2, 0.25) is 0 Å². The van der Waals surface area contributed by atoms with Gasteiger partial charge in [-0.15, -0.1) is 0 Å². The predicted molar refractivity (Wildman–Crippen MR) is 83.3 cm³/mol. The van der Waals surface area contributed by atoms with E-state index >= 15 is 0 Å². The summed E-state index contributed by atoms with van der Waals surface area (Å²) in [6, 6.07) is 9.62. The lowest BCUT2D eigenvalue weighted by atomic mass is 10.2. The van der Waals surface area contributed by atoms with E-state index in [1.54, 1.807) is 0 Å². The zero-order valence-corrected chi connectivity index (χ0v) is 12.1. The van der Waals surface area contributed by atoms with Crippen LogP contribution in [0.3, 0.4) is 0 Å². The minimum atomic E-state index is -0.423. The van der Waals surface area contributed by atoms with Gasteiger partial charge in [0.15, 0.2) is 0 Å². The van der Waals surface area contributed by atoms with Gasteiger partial charge in [0.05, 0.1) is 6.54 Å². The first-order valence-corrected chi connectivity index (χ1v) is 7.07. The number of hydrogen-bond donors (Lipinski definition) is 1. The zero-order chi connectivity index (χ0) is 15.1. The molecular weight excluding hydrogens is 264 g/mol. The Morgan fingerprint density at radius 1 is 1.19 bits per heavy atom. The van der Waals surface area contributed by atoms with Crippen molar-refractivity contribution in [3.05, 3.63) is 68.5 Å². The fraction of sp³-hybridized carbons (Fsp3) is 0.294. The summed E-state index contributed by atoms with van der Waals surface area (Å²) < 4.78 is 1.47. The molecule has 0 saturated carbocycles. The van der Waals surface area contributed by atoms with Crippen LogP contribution in [0, 0.1) is 11.8 Å². The molecule has 0 spiro atoms. The molecule has 0 aliphatic heterocycles. The molecule has 0 saturated heterocycles. The highest BCUT2D eigenvalue weighted by molar-refractivity contribution is 5.29. The van der Waals surface area contributed by atoms with Gasteiger partial charge in [0.2, 0.25) is 0 Å². The predicted octanol–water partition coefficient (Wildman–Crippen LogP) is 2.13. The summed E-state index contributed by atoms with van der Waals surface area (Å²) in [4.78, 5) is 25.9. The molecule has 0 aliphatic carbocycles. The lowest BCUT2D eigenvalue weighted by Gasteiger charge is -2.05. The van der Waals surface area contributed by atoms with Gasteiger partial charge in [-0.3, -0.25) is 14.3 Å². The Bertz CT molecular complexity index is 761. The van der Waals surface area contributed by atoms with E-state index in [1.807, 2.05) is 30.3 Å². The number of aromatic amines is 1. The first-order valence-electron chi connectivity index (χ1n) is 7.07. The number of H-pyrrole nitrogens is 1. The first-order chi connectivity index (χ1) is 10.2. The number of benzene rings is 1. The van der Waals surface area contributed by atoms with Crippen molar-refractivity contribution in [1.82, 2.24) is 9.55 Å². The summed E-state index contributed by atoms with van der Waals surface area (Å²) in [6.07, 6.45) is 4.37. The lowest BCUT2D eigenvalue weighted by Crippen LogP contribution is -2.31. The Labute approximate surface area is 123 Å². The van der Waals surface area contributed by atoms with Crippen molar-refractivity contribution in [2.24, 2.45) is 0 Å². The summed E-state index contributed by atoms with van der Waals surface area (Å²) in [5.41, 5.74) is 0.495. The molecule has 0 bridgehead atoms. The number of nitrogens with zero attached hydrogens (tertiary/aromatic N) is 1. The van der Waals surface area contributed by atoms with Crippen molar-refractivity contribution in [1.29, 1.82) is 0 Å². The van der Waals surface area contributed by atoms with Crippen molar-refractivity contribution in [2.45, 2.75) is 32.7 Å². The minimum absolute atomic E-state index is 0.335. The van der Waals surface area contributed by atoms with E-state index in [4.69, 9.17) is 0 Å². The molecule has 1 aromatic carbocycles. The van der Waals surface area contributed by atoms with Gasteiger partial charge >= 0.3 is 5.69 Å². The van der Waals surface area contributed by atoms with Crippen molar-refractivity contribution in [3.8, 4) is 11.8 Å². The maximum atomic E-state index is 11.8. The van der Waals surface area contributed by atoms with Crippen LogP contribution < -0.4 is 11.2 Å². The van der Waals surface area contributed by atoms with Crippen molar-refractivity contribution in [2.75, 3.05) is 0 Å². The quantitative estimate of drug-likeness (QED) is 0.690. The summed E-state index contributed by atoms with van der Waals surface area (Å²) in [5.74, 6) is 5.82. The summed E-state index contributed by atoms with van der Waals surface area (Å²) in [5, 5.41) is 0. The molecule has 1 aromatic heterocycles. The first kappa shape index (κ1) is 14.9. The van der Waals surface area contributed by atoms with E-state index in [0.717, 1.165) is 24.8 Å². The number of rotatable bonds is 4. The standard InChI is InChI=1S/C17H18N2O2/c1-2-3-4-8-11-15-13-19(17(21)18-16(15)20)12-14-9-6-5-7-10-14/h5-7,9-10,13H,2-4,12H2,1H3,(H,18,20,21). The van der Waals surface area contributed by atoms with Gasteiger partial charge in [0, 0.05) is 12.6 Å². The number of unbranched alkanes of at least 4 members (excludes halogenated alkanes) is 2. The summed E-state index contributed by atoms with van der Waals surface area (Å²) in [6.45, 7) is 2.51. The second kappa shape index (κ2) is 7.30. The average Bonchev–Trinajstić information content (AvgIpc) is 2.49. The molecule has 21 heavy (non-hydrogen) atoms. The van der Waals surface area contributed by atoms with Crippen LogP contribution in [0.5, 0.6) is 0 Å². The maximum Gasteiger partial charge on any atom is 0.328 e.